The molecule has 4 nitrogen and oxygen atoms in total. The molecule has 0 aliphatic heterocycles. The number of nitrogens with zero attached hydrogens (tertiary/aromatic N) is 2. The number of fused-ring (bicyclic) bond motifs is 1. The molecule has 0 saturated heterocycles. The highest BCUT2D eigenvalue weighted by Gasteiger charge is 2.16. The number of furan rings is 1. The third-order valence-electron chi connectivity index (χ3n) is 3.38. The number of nitrogens with two attached hydrogens (primary N) is 1. The van der Waals surface area contributed by atoms with Crippen LogP contribution in [0.5, 0.6) is 0 Å². The predicted octanol–water partition coefficient (Wildman–Crippen LogP) is 3.90. The first-order valence-electron chi connectivity index (χ1n) is 6.69. The molecule has 4 heteroatoms. The minimum Gasteiger partial charge on any atom is -0.454 e. The number of hydrogen-bond acceptors (Lipinski definition) is 4. The van der Waals surface area contributed by atoms with E-state index in [0.29, 0.717) is 5.82 Å². The van der Waals surface area contributed by atoms with Crippen molar-refractivity contribution in [2.45, 2.75) is 26.7 Å². The first-order chi connectivity index (χ1) is 9.56. The Bertz CT molecular complexity index is 741. The van der Waals surface area contributed by atoms with E-state index in [4.69, 9.17) is 10.2 Å². The number of aromatic nitrogens is 2. The summed E-state index contributed by atoms with van der Waals surface area (Å²) < 4.78 is 5.88. The van der Waals surface area contributed by atoms with Gasteiger partial charge in [-0.15, -0.1) is 0 Å². The Kier molecular flexibility index (Phi) is 2.93. The molecule has 0 aliphatic carbocycles. The fourth-order valence-corrected chi connectivity index (χ4v) is 2.15. The van der Waals surface area contributed by atoms with Crippen molar-refractivity contribution in [2.24, 2.45) is 0 Å². The van der Waals surface area contributed by atoms with E-state index in [-0.39, 0.29) is 5.92 Å². The minimum atomic E-state index is 0.223. The second kappa shape index (κ2) is 4.63. The van der Waals surface area contributed by atoms with Gasteiger partial charge >= 0.3 is 0 Å². The molecule has 102 valence electrons. The average molecular weight is 267 g/mol. The Balaban J connectivity index is 2.22. The Morgan fingerprint density at radius 2 is 1.90 bits per heavy atom. The van der Waals surface area contributed by atoms with Crippen molar-refractivity contribution >= 4 is 16.8 Å². The van der Waals surface area contributed by atoms with Gasteiger partial charge in [-0.05, 0) is 19.1 Å². The van der Waals surface area contributed by atoms with Crippen LogP contribution in [0.4, 0.5) is 5.82 Å². The van der Waals surface area contributed by atoms with Crippen molar-refractivity contribution in [1.29, 1.82) is 0 Å². The lowest BCUT2D eigenvalue weighted by atomic mass is 10.1. The van der Waals surface area contributed by atoms with Crippen LogP contribution in [0, 0.1) is 6.92 Å². The topological polar surface area (TPSA) is 64.9 Å². The lowest BCUT2D eigenvalue weighted by Gasteiger charge is -2.10. The summed E-state index contributed by atoms with van der Waals surface area (Å²) in [6.07, 6.45) is 0. The van der Waals surface area contributed by atoms with Crippen molar-refractivity contribution in [3.05, 3.63) is 41.7 Å². The first kappa shape index (κ1) is 12.7. The van der Waals surface area contributed by atoms with Crippen LogP contribution in [0.3, 0.4) is 0 Å². The molecule has 2 aromatic heterocycles. The zero-order chi connectivity index (χ0) is 14.3. The maximum absolute atomic E-state index is 6.00. The normalized spacial score (nSPS) is 11.4. The summed E-state index contributed by atoms with van der Waals surface area (Å²) in [5.74, 6) is 2.21. The lowest BCUT2D eigenvalue weighted by molar-refractivity contribution is 0.625. The Hall–Kier alpha value is -2.36. The smallest absolute Gasteiger partial charge is 0.154 e. The van der Waals surface area contributed by atoms with E-state index in [1.54, 1.807) is 0 Å². The first-order valence-corrected chi connectivity index (χ1v) is 6.69. The molecule has 0 amide bonds. The van der Waals surface area contributed by atoms with Gasteiger partial charge < -0.3 is 10.2 Å². The quantitative estimate of drug-likeness (QED) is 0.764. The van der Waals surface area contributed by atoms with Gasteiger partial charge in [-0.3, -0.25) is 0 Å². The van der Waals surface area contributed by atoms with Crippen molar-refractivity contribution in [1.82, 2.24) is 9.97 Å². The van der Waals surface area contributed by atoms with E-state index < -0.39 is 0 Å². The monoisotopic (exact) mass is 267 g/mol. The Labute approximate surface area is 117 Å². The number of hydrogen-bond donors (Lipinski definition) is 1. The largest absolute Gasteiger partial charge is 0.454 e. The van der Waals surface area contributed by atoms with Gasteiger partial charge in [0.05, 0.1) is 0 Å². The molecule has 0 fully saturated rings. The number of para-hydroxylation sites is 1. The molecule has 3 aromatic rings. The van der Waals surface area contributed by atoms with Crippen molar-refractivity contribution < 1.29 is 4.42 Å². The van der Waals surface area contributed by atoms with Gasteiger partial charge in [0.25, 0.3) is 0 Å². The van der Waals surface area contributed by atoms with Gasteiger partial charge in [-0.25, -0.2) is 9.97 Å². The third-order valence-corrected chi connectivity index (χ3v) is 3.38. The summed E-state index contributed by atoms with van der Waals surface area (Å²) >= 11 is 0. The van der Waals surface area contributed by atoms with Crippen molar-refractivity contribution in [3.63, 3.8) is 0 Å². The second-order valence-electron chi connectivity index (χ2n) is 5.24. The maximum atomic E-state index is 6.00. The number of rotatable bonds is 2. The van der Waals surface area contributed by atoms with Gasteiger partial charge in [0, 0.05) is 16.9 Å². The van der Waals surface area contributed by atoms with Crippen LogP contribution in [-0.2, 0) is 0 Å². The van der Waals surface area contributed by atoms with Crippen LogP contribution >= 0.6 is 0 Å². The molecule has 0 aliphatic rings. The highest BCUT2D eigenvalue weighted by molar-refractivity contribution is 5.83. The zero-order valence-electron chi connectivity index (χ0n) is 11.8. The highest BCUT2D eigenvalue weighted by Crippen LogP contribution is 2.31. The predicted molar refractivity (Wildman–Crippen MR) is 80.5 cm³/mol. The molecule has 2 heterocycles. The third kappa shape index (κ3) is 2.03. The van der Waals surface area contributed by atoms with Gasteiger partial charge in [-0.1, -0.05) is 32.0 Å². The molecule has 1 aromatic carbocycles. The molecule has 3 rings (SSSR count). The van der Waals surface area contributed by atoms with Crippen LogP contribution in [-0.4, -0.2) is 9.97 Å². The van der Waals surface area contributed by atoms with Gasteiger partial charge in [0.2, 0.25) is 0 Å². The van der Waals surface area contributed by atoms with E-state index in [0.717, 1.165) is 33.8 Å². The summed E-state index contributed by atoms with van der Waals surface area (Å²) in [6.45, 7) is 6.01. The molecule has 0 saturated carbocycles. The van der Waals surface area contributed by atoms with Gasteiger partial charge in [0.15, 0.2) is 5.76 Å². The SMILES string of the molecule is Cc1c(N)nc(C(C)C)nc1-c1cc2ccccc2o1. The average Bonchev–Trinajstić information content (AvgIpc) is 2.84. The summed E-state index contributed by atoms with van der Waals surface area (Å²) in [6, 6.07) is 9.90. The van der Waals surface area contributed by atoms with E-state index in [1.165, 1.54) is 0 Å². The van der Waals surface area contributed by atoms with E-state index >= 15 is 0 Å². The lowest BCUT2D eigenvalue weighted by Crippen LogP contribution is -2.05. The van der Waals surface area contributed by atoms with E-state index in [1.807, 2.05) is 51.1 Å². The van der Waals surface area contributed by atoms with Crippen LogP contribution in [0.15, 0.2) is 34.7 Å². The summed E-state index contributed by atoms with van der Waals surface area (Å²) in [4.78, 5) is 8.95. The molecule has 20 heavy (non-hydrogen) atoms. The zero-order valence-corrected chi connectivity index (χ0v) is 11.8. The van der Waals surface area contributed by atoms with E-state index in [2.05, 4.69) is 9.97 Å². The van der Waals surface area contributed by atoms with Crippen LogP contribution < -0.4 is 5.73 Å². The Morgan fingerprint density at radius 1 is 1.15 bits per heavy atom. The molecule has 2 N–H and O–H groups in total. The minimum absolute atomic E-state index is 0.223. The van der Waals surface area contributed by atoms with E-state index in [9.17, 15) is 0 Å². The number of benzene rings is 1. The number of anilines is 1. The molecule has 0 radical (unpaired) electrons. The molecule has 0 spiro atoms. The highest BCUT2D eigenvalue weighted by atomic mass is 16.3. The Morgan fingerprint density at radius 3 is 2.60 bits per heavy atom. The fourth-order valence-electron chi connectivity index (χ4n) is 2.15. The van der Waals surface area contributed by atoms with Gasteiger partial charge in [-0.2, -0.15) is 0 Å². The molecule has 0 unspecified atom stereocenters. The summed E-state index contributed by atoms with van der Waals surface area (Å²) in [5, 5.41) is 1.06. The fraction of sp³-hybridized carbons (Fsp3) is 0.250. The van der Waals surface area contributed by atoms with Crippen LogP contribution in [0.25, 0.3) is 22.4 Å². The summed E-state index contributed by atoms with van der Waals surface area (Å²) in [5.41, 5.74) is 8.48. The second-order valence-corrected chi connectivity index (χ2v) is 5.24. The summed E-state index contributed by atoms with van der Waals surface area (Å²) in [7, 11) is 0. The van der Waals surface area contributed by atoms with Gasteiger partial charge in [0.1, 0.15) is 22.9 Å². The number of nitrogen functional groups attached to an aromatic ring is 1. The molecular formula is C16H17N3O. The standard InChI is InChI=1S/C16H17N3O/c1-9(2)16-18-14(10(3)15(17)19-16)13-8-11-6-4-5-7-12(11)20-13/h4-9H,1-3H3,(H2,17,18,19). The van der Waals surface area contributed by atoms with Crippen LogP contribution in [0.1, 0.15) is 31.2 Å². The van der Waals surface area contributed by atoms with Crippen LogP contribution in [0.2, 0.25) is 0 Å². The van der Waals surface area contributed by atoms with Crippen molar-refractivity contribution in [3.8, 4) is 11.5 Å². The molecular weight excluding hydrogens is 250 g/mol. The van der Waals surface area contributed by atoms with Crippen molar-refractivity contribution in [2.75, 3.05) is 5.73 Å². The molecule has 0 atom stereocenters. The maximum Gasteiger partial charge on any atom is 0.154 e. The molecule has 0 bridgehead atoms.